The molecule has 6 aliphatic carbocycles. The highest BCUT2D eigenvalue weighted by atomic mass is 17.2. The first-order valence-corrected chi connectivity index (χ1v) is 19.3. The van der Waals surface area contributed by atoms with E-state index in [1.54, 1.807) is 5.57 Å². The summed E-state index contributed by atoms with van der Waals surface area (Å²) >= 11 is 0. The van der Waals surface area contributed by atoms with Gasteiger partial charge in [-0.25, -0.2) is 14.6 Å². The van der Waals surface area contributed by atoms with Crippen LogP contribution in [-0.4, -0.2) is 30.1 Å². The second kappa shape index (κ2) is 11.6. The molecule has 2 bridgehead atoms. The quantitative estimate of drug-likeness (QED) is 0.158. The summed E-state index contributed by atoms with van der Waals surface area (Å²) in [4.78, 5) is 25.2. The number of hydrogen-bond acceptors (Lipinski definition) is 5. The van der Waals surface area contributed by atoms with E-state index in [1.165, 1.54) is 51.4 Å². The molecule has 0 aromatic carbocycles. The summed E-state index contributed by atoms with van der Waals surface area (Å²) in [6.07, 6.45) is 22.7. The second-order valence-electron chi connectivity index (χ2n) is 19.0. The van der Waals surface area contributed by atoms with Gasteiger partial charge in [-0.15, -0.1) is 0 Å². The summed E-state index contributed by atoms with van der Waals surface area (Å²) in [5.74, 6) is 5.01. The van der Waals surface area contributed by atoms with Gasteiger partial charge in [0, 0.05) is 17.3 Å². The summed E-state index contributed by atoms with van der Waals surface area (Å²) in [7, 11) is 0. The van der Waals surface area contributed by atoms with Gasteiger partial charge in [-0.2, -0.15) is 0 Å². The molecule has 258 valence electrons. The summed E-state index contributed by atoms with van der Waals surface area (Å²) in [6.45, 7) is 19.2. The van der Waals surface area contributed by atoms with Gasteiger partial charge in [0.25, 0.3) is 0 Å². The summed E-state index contributed by atoms with van der Waals surface area (Å²) in [5, 5.41) is 0. The van der Waals surface area contributed by atoms with Crippen molar-refractivity contribution < 1.29 is 24.0 Å². The van der Waals surface area contributed by atoms with Crippen molar-refractivity contribution in [1.82, 2.24) is 0 Å². The lowest BCUT2D eigenvalue weighted by Gasteiger charge is -2.64. The zero-order valence-corrected chi connectivity index (χ0v) is 30.4. The van der Waals surface area contributed by atoms with Crippen molar-refractivity contribution >= 4 is 6.16 Å². The van der Waals surface area contributed by atoms with E-state index < -0.39 is 17.2 Å². The van der Waals surface area contributed by atoms with Gasteiger partial charge in [-0.3, -0.25) is 0 Å². The van der Waals surface area contributed by atoms with Gasteiger partial charge in [0.1, 0.15) is 23.9 Å². The SMILES string of the molecule is CC(C)CCCC(C)[C@H]1CC[C@H]2C3CC=C4C[C@@H](OC(=O)OC5CCC6(C)CC7C=CC6(OO7)C5(C)C)CCC4(C)[C@H]3CCC12C. The molecule has 2 heterocycles. The van der Waals surface area contributed by atoms with Crippen molar-refractivity contribution in [2.45, 2.75) is 169 Å². The first kappa shape index (κ1) is 33.2. The molecule has 1 spiro atoms. The summed E-state index contributed by atoms with van der Waals surface area (Å²) < 4.78 is 12.3. The first-order valence-electron chi connectivity index (χ1n) is 19.3. The van der Waals surface area contributed by atoms with Crippen LogP contribution in [0.15, 0.2) is 23.8 Å². The molecule has 8 rings (SSSR count). The molecule has 5 fully saturated rings. The van der Waals surface area contributed by atoms with Crippen LogP contribution < -0.4 is 0 Å². The monoisotopic (exact) mass is 636 g/mol. The molecule has 8 unspecified atom stereocenters. The largest absolute Gasteiger partial charge is 0.508 e. The van der Waals surface area contributed by atoms with Crippen molar-refractivity contribution in [3.05, 3.63) is 23.8 Å². The highest BCUT2D eigenvalue weighted by molar-refractivity contribution is 5.61. The van der Waals surface area contributed by atoms with Gasteiger partial charge < -0.3 is 9.47 Å². The minimum atomic E-state index is -0.602. The van der Waals surface area contributed by atoms with E-state index in [9.17, 15) is 4.79 Å². The van der Waals surface area contributed by atoms with Gasteiger partial charge in [0.15, 0.2) is 0 Å². The second-order valence-corrected chi connectivity index (χ2v) is 19.0. The Kier molecular flexibility index (Phi) is 8.39. The van der Waals surface area contributed by atoms with Crippen molar-refractivity contribution in [2.24, 2.45) is 57.2 Å². The third-order valence-electron chi connectivity index (χ3n) is 15.9. The molecule has 0 radical (unpaired) electrons. The van der Waals surface area contributed by atoms with Gasteiger partial charge in [-0.1, -0.05) is 92.4 Å². The standard InChI is InChI=1S/C41H64O5/c1-26(2)10-9-11-27(3)32-14-15-33-31-13-12-28-24-29(16-21-39(28,7)34(31)18-22-40(32,33)8)43-36(42)44-35-19-20-38(6)25-30-17-23-41(38,46-45-30)37(35,4)5/h12,17,23,26-27,29-35H,9-11,13-16,18-22,24-25H2,1-8H3/t27?,29-,30?,31?,32+,33-,34-,35?,38?,39?,40?,41?/m0/s1. The maximum Gasteiger partial charge on any atom is 0.508 e. The lowest BCUT2D eigenvalue weighted by Crippen LogP contribution is -2.69. The van der Waals surface area contributed by atoms with Crippen molar-refractivity contribution in [3.8, 4) is 0 Å². The topological polar surface area (TPSA) is 54.0 Å². The highest BCUT2D eigenvalue weighted by Gasteiger charge is 2.68. The van der Waals surface area contributed by atoms with Crippen LogP contribution in [0.4, 0.5) is 4.79 Å². The zero-order valence-electron chi connectivity index (χ0n) is 30.4. The molecule has 0 aromatic rings. The van der Waals surface area contributed by atoms with Crippen LogP contribution >= 0.6 is 0 Å². The molecule has 0 N–H and O–H groups in total. The minimum Gasteiger partial charge on any atom is -0.431 e. The maximum absolute atomic E-state index is 13.4. The van der Waals surface area contributed by atoms with Gasteiger partial charge in [-0.05, 0) is 117 Å². The van der Waals surface area contributed by atoms with E-state index in [1.807, 2.05) is 0 Å². The van der Waals surface area contributed by atoms with E-state index >= 15 is 0 Å². The van der Waals surface area contributed by atoms with Crippen LogP contribution in [0.2, 0.25) is 0 Å². The molecule has 8 aliphatic rings. The van der Waals surface area contributed by atoms with Gasteiger partial charge >= 0.3 is 6.16 Å². The lowest BCUT2D eigenvalue weighted by atomic mass is 9.47. The summed E-state index contributed by atoms with van der Waals surface area (Å²) in [6, 6.07) is 0. The van der Waals surface area contributed by atoms with Gasteiger partial charge in [0.05, 0.1) is 0 Å². The van der Waals surface area contributed by atoms with Crippen molar-refractivity contribution in [2.75, 3.05) is 0 Å². The highest BCUT2D eigenvalue weighted by Crippen LogP contribution is 2.68. The van der Waals surface area contributed by atoms with Gasteiger partial charge in [0.2, 0.25) is 0 Å². The van der Waals surface area contributed by atoms with Crippen LogP contribution in [0.5, 0.6) is 0 Å². The Bertz CT molecular complexity index is 1240. The third-order valence-corrected chi connectivity index (χ3v) is 15.9. The number of rotatable bonds is 7. The minimum absolute atomic E-state index is 0.0211. The van der Waals surface area contributed by atoms with Crippen molar-refractivity contribution in [1.29, 1.82) is 0 Å². The number of ether oxygens (including phenoxy) is 2. The van der Waals surface area contributed by atoms with E-state index in [4.69, 9.17) is 19.2 Å². The van der Waals surface area contributed by atoms with Crippen molar-refractivity contribution in [3.63, 3.8) is 0 Å². The first-order chi connectivity index (χ1) is 21.7. The Balaban J connectivity index is 0.979. The molecule has 12 atom stereocenters. The Labute approximate surface area is 279 Å². The van der Waals surface area contributed by atoms with Crippen LogP contribution in [-0.2, 0) is 19.2 Å². The molecular weight excluding hydrogens is 572 g/mol. The van der Waals surface area contributed by atoms with Crippen LogP contribution in [0, 0.1) is 57.2 Å². The Morgan fingerprint density at radius 3 is 2.48 bits per heavy atom. The number of carbonyl (C=O) groups is 1. The predicted molar refractivity (Wildman–Crippen MR) is 182 cm³/mol. The number of carbonyl (C=O) groups excluding carboxylic acids is 1. The molecule has 5 nitrogen and oxygen atoms in total. The molecule has 0 aromatic heterocycles. The molecule has 0 amide bonds. The maximum atomic E-state index is 13.4. The fraction of sp³-hybridized carbons (Fsp3) is 0.878. The fourth-order valence-corrected chi connectivity index (χ4v) is 13.1. The summed E-state index contributed by atoms with van der Waals surface area (Å²) in [5.41, 5.74) is 1.24. The zero-order chi connectivity index (χ0) is 32.7. The van der Waals surface area contributed by atoms with Crippen LogP contribution in [0.25, 0.3) is 0 Å². The van der Waals surface area contributed by atoms with Crippen LogP contribution in [0.3, 0.4) is 0 Å². The van der Waals surface area contributed by atoms with E-state index in [0.717, 1.165) is 74.0 Å². The average Bonchev–Trinajstić information content (AvgIpc) is 3.36. The van der Waals surface area contributed by atoms with Crippen LogP contribution in [0.1, 0.15) is 145 Å². The lowest BCUT2D eigenvalue weighted by molar-refractivity contribution is -0.459. The molecule has 46 heavy (non-hydrogen) atoms. The normalized spacial score (nSPS) is 47.7. The molecule has 4 saturated carbocycles. The predicted octanol–water partition coefficient (Wildman–Crippen LogP) is 10.8. The molecule has 5 heteroatoms. The number of fused-ring (bicyclic) bond motifs is 6. The van der Waals surface area contributed by atoms with E-state index in [2.05, 4.69) is 73.6 Å². The van der Waals surface area contributed by atoms with E-state index in [0.29, 0.717) is 5.41 Å². The Morgan fingerprint density at radius 2 is 1.74 bits per heavy atom. The Hall–Kier alpha value is -1.33. The molecule has 1 saturated heterocycles. The fourth-order valence-electron chi connectivity index (χ4n) is 13.1. The molecular formula is C41H64O5. The molecule has 2 aliphatic heterocycles. The smallest absolute Gasteiger partial charge is 0.431 e. The third kappa shape index (κ3) is 5.00. The van der Waals surface area contributed by atoms with E-state index in [-0.39, 0.29) is 29.1 Å². The average molecular weight is 637 g/mol. The Morgan fingerprint density at radius 1 is 0.935 bits per heavy atom. The number of allylic oxidation sites excluding steroid dienone is 1. The number of hydrogen-bond donors (Lipinski definition) is 0.